The maximum absolute atomic E-state index is 10.4. The van der Waals surface area contributed by atoms with Gasteiger partial charge in [-0.15, -0.1) is 0 Å². The Hall–Kier alpha value is -1.26. The van der Waals surface area contributed by atoms with E-state index in [2.05, 4.69) is 0 Å². The van der Waals surface area contributed by atoms with E-state index in [1.807, 2.05) is 25.1 Å². The Balaban J connectivity index is 3.17. The summed E-state index contributed by atoms with van der Waals surface area (Å²) in [4.78, 5) is 0. The Kier molecular flexibility index (Phi) is 5.25. The largest absolute Gasteiger partial charge is 0.496 e. The lowest BCUT2D eigenvalue weighted by atomic mass is 9.92. The topological polar surface area (TPSA) is 64.7 Å². The highest BCUT2D eigenvalue weighted by atomic mass is 16.5. The molecule has 0 aromatic heterocycles. The van der Waals surface area contributed by atoms with Crippen molar-refractivity contribution in [2.45, 2.75) is 19.4 Å². The van der Waals surface area contributed by atoms with E-state index >= 15 is 0 Å². The molecule has 0 amide bonds. The summed E-state index contributed by atoms with van der Waals surface area (Å²) < 4.78 is 10.5. The van der Waals surface area contributed by atoms with Gasteiger partial charge in [0, 0.05) is 5.92 Å². The van der Waals surface area contributed by atoms with E-state index in [0.717, 1.165) is 6.42 Å². The van der Waals surface area contributed by atoms with E-state index in [1.165, 1.54) is 0 Å². The monoisotopic (exact) mass is 239 g/mol. The number of rotatable bonds is 6. The molecule has 17 heavy (non-hydrogen) atoms. The van der Waals surface area contributed by atoms with Crippen molar-refractivity contribution in [2.24, 2.45) is 11.7 Å². The Morgan fingerprint density at radius 3 is 2.12 bits per heavy atom. The molecule has 0 bridgehead atoms. The predicted octanol–water partition coefficient (Wildman–Crippen LogP) is 1.72. The average Bonchev–Trinajstić information content (AvgIpc) is 2.38. The minimum Gasteiger partial charge on any atom is -0.496 e. The molecule has 0 aliphatic carbocycles. The minimum absolute atomic E-state index is 0.000185. The second-order valence-electron chi connectivity index (χ2n) is 3.93. The zero-order valence-electron chi connectivity index (χ0n) is 10.6. The first-order valence-electron chi connectivity index (χ1n) is 5.78. The Bertz CT molecular complexity index is 328. The molecular formula is C13H21NO3. The van der Waals surface area contributed by atoms with Gasteiger partial charge in [-0.05, 0) is 25.1 Å². The van der Waals surface area contributed by atoms with Crippen molar-refractivity contribution in [2.75, 3.05) is 20.8 Å². The molecule has 1 rings (SSSR count). The Labute approximate surface area is 102 Å². The zero-order valence-corrected chi connectivity index (χ0v) is 10.6. The van der Waals surface area contributed by atoms with Gasteiger partial charge in [0.2, 0.25) is 0 Å². The van der Waals surface area contributed by atoms with E-state index in [0.29, 0.717) is 23.6 Å². The summed E-state index contributed by atoms with van der Waals surface area (Å²) in [6.07, 6.45) is 0.134. The predicted molar refractivity (Wildman–Crippen MR) is 67.3 cm³/mol. The summed E-state index contributed by atoms with van der Waals surface area (Å²) in [5.74, 6) is 1.26. The zero-order chi connectivity index (χ0) is 12.8. The normalized spacial score (nSPS) is 14.2. The van der Waals surface area contributed by atoms with Gasteiger partial charge in [0.1, 0.15) is 11.5 Å². The standard InChI is InChI=1S/C13H21NO3/c1-4-9(8-14)13(15)12-10(16-2)6-5-7-11(12)17-3/h5-7,9,13,15H,4,8,14H2,1-3H3. The number of ether oxygens (including phenoxy) is 2. The van der Waals surface area contributed by atoms with Gasteiger partial charge in [-0.1, -0.05) is 13.0 Å². The Morgan fingerprint density at radius 2 is 1.76 bits per heavy atom. The molecular weight excluding hydrogens is 218 g/mol. The van der Waals surface area contributed by atoms with Crippen molar-refractivity contribution < 1.29 is 14.6 Å². The molecule has 0 spiro atoms. The molecule has 0 saturated heterocycles. The van der Waals surface area contributed by atoms with Gasteiger partial charge in [0.15, 0.2) is 0 Å². The molecule has 4 nitrogen and oxygen atoms in total. The third kappa shape index (κ3) is 2.90. The molecule has 1 aromatic carbocycles. The highest BCUT2D eigenvalue weighted by molar-refractivity contribution is 5.46. The first kappa shape index (κ1) is 13.8. The molecule has 1 aromatic rings. The summed E-state index contributed by atoms with van der Waals surface area (Å²) in [6.45, 7) is 2.43. The van der Waals surface area contributed by atoms with Gasteiger partial charge >= 0.3 is 0 Å². The van der Waals surface area contributed by atoms with Gasteiger partial charge in [0.25, 0.3) is 0 Å². The molecule has 0 heterocycles. The quantitative estimate of drug-likeness (QED) is 0.793. The van der Waals surface area contributed by atoms with E-state index in [-0.39, 0.29) is 5.92 Å². The fourth-order valence-electron chi connectivity index (χ4n) is 1.93. The van der Waals surface area contributed by atoms with E-state index in [4.69, 9.17) is 15.2 Å². The van der Waals surface area contributed by atoms with Gasteiger partial charge in [-0.3, -0.25) is 0 Å². The SMILES string of the molecule is CCC(CN)C(O)c1c(OC)cccc1OC. The van der Waals surface area contributed by atoms with Crippen LogP contribution in [0.3, 0.4) is 0 Å². The highest BCUT2D eigenvalue weighted by Crippen LogP contribution is 2.37. The van der Waals surface area contributed by atoms with Crippen molar-refractivity contribution in [3.8, 4) is 11.5 Å². The van der Waals surface area contributed by atoms with Crippen LogP contribution < -0.4 is 15.2 Å². The summed E-state index contributed by atoms with van der Waals surface area (Å²) >= 11 is 0. The van der Waals surface area contributed by atoms with Crippen LogP contribution in [0, 0.1) is 5.92 Å². The molecule has 0 aliphatic heterocycles. The summed E-state index contributed by atoms with van der Waals surface area (Å²) in [6, 6.07) is 5.45. The lowest BCUT2D eigenvalue weighted by Crippen LogP contribution is -2.22. The van der Waals surface area contributed by atoms with Crippen molar-refractivity contribution in [1.82, 2.24) is 0 Å². The molecule has 96 valence electrons. The number of methoxy groups -OCH3 is 2. The fourth-order valence-corrected chi connectivity index (χ4v) is 1.93. The van der Waals surface area contributed by atoms with Gasteiger partial charge in [-0.2, -0.15) is 0 Å². The van der Waals surface area contributed by atoms with Gasteiger partial charge < -0.3 is 20.3 Å². The van der Waals surface area contributed by atoms with Gasteiger partial charge in [-0.25, -0.2) is 0 Å². The maximum Gasteiger partial charge on any atom is 0.128 e. The second kappa shape index (κ2) is 6.47. The highest BCUT2D eigenvalue weighted by Gasteiger charge is 2.24. The van der Waals surface area contributed by atoms with Crippen LogP contribution >= 0.6 is 0 Å². The van der Waals surface area contributed by atoms with Crippen LogP contribution in [0.15, 0.2) is 18.2 Å². The third-order valence-electron chi connectivity index (χ3n) is 3.04. The summed E-state index contributed by atoms with van der Waals surface area (Å²) in [5, 5.41) is 10.4. The Morgan fingerprint density at radius 1 is 1.24 bits per heavy atom. The average molecular weight is 239 g/mol. The van der Waals surface area contributed by atoms with E-state index in [9.17, 15) is 5.11 Å². The molecule has 2 atom stereocenters. The lowest BCUT2D eigenvalue weighted by molar-refractivity contribution is 0.104. The number of hydrogen-bond donors (Lipinski definition) is 2. The molecule has 0 radical (unpaired) electrons. The first-order valence-corrected chi connectivity index (χ1v) is 5.78. The molecule has 4 heteroatoms. The van der Waals surface area contributed by atoms with Crippen LogP contribution in [0.25, 0.3) is 0 Å². The fraction of sp³-hybridized carbons (Fsp3) is 0.538. The summed E-state index contributed by atoms with van der Waals surface area (Å²) in [7, 11) is 3.16. The molecule has 3 N–H and O–H groups in total. The van der Waals surface area contributed by atoms with E-state index in [1.54, 1.807) is 14.2 Å². The molecule has 0 saturated carbocycles. The van der Waals surface area contributed by atoms with Crippen molar-refractivity contribution >= 4 is 0 Å². The van der Waals surface area contributed by atoms with Crippen molar-refractivity contribution in [3.05, 3.63) is 23.8 Å². The smallest absolute Gasteiger partial charge is 0.128 e. The number of nitrogens with two attached hydrogens (primary N) is 1. The van der Waals surface area contributed by atoms with Crippen molar-refractivity contribution in [1.29, 1.82) is 0 Å². The van der Waals surface area contributed by atoms with Crippen LogP contribution in [0.4, 0.5) is 0 Å². The van der Waals surface area contributed by atoms with Crippen LogP contribution in [0.1, 0.15) is 25.0 Å². The second-order valence-corrected chi connectivity index (χ2v) is 3.93. The molecule has 0 fully saturated rings. The molecule has 2 unspecified atom stereocenters. The first-order chi connectivity index (χ1) is 8.19. The lowest BCUT2D eigenvalue weighted by Gasteiger charge is -2.23. The maximum atomic E-state index is 10.4. The summed E-state index contributed by atoms with van der Waals surface area (Å²) in [5.41, 5.74) is 6.34. The minimum atomic E-state index is -0.670. The van der Waals surface area contributed by atoms with Crippen LogP contribution in [-0.4, -0.2) is 25.9 Å². The van der Waals surface area contributed by atoms with Crippen LogP contribution in [-0.2, 0) is 0 Å². The number of aliphatic hydroxyl groups excluding tert-OH is 1. The third-order valence-corrected chi connectivity index (χ3v) is 3.04. The van der Waals surface area contributed by atoms with Gasteiger partial charge in [0.05, 0.1) is 25.9 Å². The van der Waals surface area contributed by atoms with E-state index < -0.39 is 6.10 Å². The number of aliphatic hydroxyl groups is 1. The van der Waals surface area contributed by atoms with Crippen molar-refractivity contribution in [3.63, 3.8) is 0 Å². The van der Waals surface area contributed by atoms with Crippen LogP contribution in [0.2, 0.25) is 0 Å². The van der Waals surface area contributed by atoms with Crippen LogP contribution in [0.5, 0.6) is 11.5 Å². The number of benzene rings is 1. The molecule has 0 aliphatic rings. The number of hydrogen-bond acceptors (Lipinski definition) is 4.